The van der Waals surface area contributed by atoms with Crippen LogP contribution < -0.4 is 10.6 Å². The number of guanidine groups is 1. The first-order chi connectivity index (χ1) is 13.4. The maximum absolute atomic E-state index is 12.6. The number of halogens is 4. The SMILES string of the molecule is CCNC(=NCc1nc(C(F)(F)F)cs1)NCCc1c[nH]c2c(C)cccc12.I. The third-order valence-corrected chi connectivity index (χ3v) is 5.09. The molecule has 0 fully saturated rings. The lowest BCUT2D eigenvalue weighted by Gasteiger charge is -2.10. The van der Waals surface area contributed by atoms with Gasteiger partial charge in [0.25, 0.3) is 0 Å². The van der Waals surface area contributed by atoms with E-state index in [4.69, 9.17) is 0 Å². The van der Waals surface area contributed by atoms with Crippen LogP contribution in [-0.4, -0.2) is 29.0 Å². The van der Waals surface area contributed by atoms with Gasteiger partial charge in [0.05, 0.1) is 6.54 Å². The highest BCUT2D eigenvalue weighted by Gasteiger charge is 2.33. The van der Waals surface area contributed by atoms with E-state index in [9.17, 15) is 13.2 Å². The maximum atomic E-state index is 12.6. The second kappa shape index (κ2) is 10.3. The van der Waals surface area contributed by atoms with E-state index in [-0.39, 0.29) is 30.5 Å². The van der Waals surface area contributed by atoms with Gasteiger partial charge in [-0.3, -0.25) is 0 Å². The summed E-state index contributed by atoms with van der Waals surface area (Å²) in [6.45, 7) is 5.41. The molecule has 2 heterocycles. The first kappa shape index (κ1) is 23.5. The van der Waals surface area contributed by atoms with Crippen LogP contribution in [0.25, 0.3) is 10.9 Å². The molecule has 0 aliphatic heterocycles. The fraction of sp³-hybridized carbons (Fsp3) is 0.368. The third kappa shape index (κ3) is 6.08. The second-order valence-electron chi connectivity index (χ2n) is 6.31. The Bertz CT molecular complexity index is 964. The fourth-order valence-electron chi connectivity index (χ4n) is 2.89. The lowest BCUT2D eigenvalue weighted by atomic mass is 10.1. The third-order valence-electron chi connectivity index (χ3n) is 4.26. The van der Waals surface area contributed by atoms with E-state index in [1.54, 1.807) is 0 Å². The lowest BCUT2D eigenvalue weighted by molar-refractivity contribution is -0.140. The van der Waals surface area contributed by atoms with Crippen LogP contribution in [0, 0.1) is 6.92 Å². The molecular weight excluding hydrogens is 514 g/mol. The van der Waals surface area contributed by atoms with Crippen LogP contribution in [0.2, 0.25) is 0 Å². The first-order valence-electron chi connectivity index (χ1n) is 8.98. The molecule has 0 spiro atoms. The summed E-state index contributed by atoms with van der Waals surface area (Å²) in [5, 5.41) is 8.88. The van der Waals surface area contributed by atoms with Crippen molar-refractivity contribution >= 4 is 52.2 Å². The first-order valence-corrected chi connectivity index (χ1v) is 9.85. The Morgan fingerprint density at radius 1 is 1.28 bits per heavy atom. The predicted molar refractivity (Wildman–Crippen MR) is 122 cm³/mol. The minimum absolute atomic E-state index is 0. The highest BCUT2D eigenvalue weighted by atomic mass is 127. The number of aromatic nitrogens is 2. The second-order valence-corrected chi connectivity index (χ2v) is 7.25. The van der Waals surface area contributed by atoms with Gasteiger partial charge >= 0.3 is 6.18 Å². The van der Waals surface area contributed by atoms with Crippen molar-refractivity contribution in [1.82, 2.24) is 20.6 Å². The molecule has 10 heteroatoms. The molecule has 0 bridgehead atoms. The molecule has 1 aromatic carbocycles. The summed E-state index contributed by atoms with van der Waals surface area (Å²) >= 11 is 0.963. The normalized spacial score (nSPS) is 12.1. The minimum atomic E-state index is -4.42. The monoisotopic (exact) mass is 537 g/mol. The number of para-hydroxylation sites is 1. The van der Waals surface area contributed by atoms with E-state index in [2.05, 4.69) is 44.7 Å². The average molecular weight is 537 g/mol. The Morgan fingerprint density at radius 3 is 2.76 bits per heavy atom. The van der Waals surface area contributed by atoms with Crippen molar-refractivity contribution in [3.8, 4) is 0 Å². The van der Waals surface area contributed by atoms with Crippen molar-refractivity contribution in [2.24, 2.45) is 4.99 Å². The molecule has 0 aliphatic carbocycles. The van der Waals surface area contributed by atoms with Crippen LogP contribution in [0.3, 0.4) is 0 Å². The van der Waals surface area contributed by atoms with Gasteiger partial charge in [-0.2, -0.15) is 13.2 Å². The summed E-state index contributed by atoms with van der Waals surface area (Å²) in [5.41, 5.74) is 2.68. The zero-order chi connectivity index (χ0) is 20.1. The van der Waals surface area contributed by atoms with Gasteiger partial charge in [0.2, 0.25) is 0 Å². The van der Waals surface area contributed by atoms with Crippen molar-refractivity contribution in [3.05, 3.63) is 51.6 Å². The van der Waals surface area contributed by atoms with Gasteiger partial charge < -0.3 is 15.6 Å². The number of hydrogen-bond donors (Lipinski definition) is 3. The molecule has 0 saturated carbocycles. The van der Waals surface area contributed by atoms with Crippen molar-refractivity contribution < 1.29 is 13.2 Å². The number of aromatic amines is 1. The van der Waals surface area contributed by atoms with Crippen molar-refractivity contribution in [3.63, 3.8) is 0 Å². The van der Waals surface area contributed by atoms with E-state index < -0.39 is 11.9 Å². The van der Waals surface area contributed by atoms with Gasteiger partial charge in [-0.25, -0.2) is 9.98 Å². The largest absolute Gasteiger partial charge is 0.434 e. The molecule has 3 rings (SSSR count). The van der Waals surface area contributed by atoms with Gasteiger partial charge in [-0.05, 0) is 31.4 Å². The number of aliphatic imine (C=N–C) groups is 1. The summed E-state index contributed by atoms with van der Waals surface area (Å²) in [5.74, 6) is 0.558. The highest BCUT2D eigenvalue weighted by molar-refractivity contribution is 14.0. The van der Waals surface area contributed by atoms with Crippen LogP contribution in [0.1, 0.15) is 28.8 Å². The Hall–Kier alpha value is -1.82. The molecule has 0 saturated heterocycles. The number of alkyl halides is 3. The molecule has 0 atom stereocenters. The number of fused-ring (bicyclic) bond motifs is 1. The minimum Gasteiger partial charge on any atom is -0.361 e. The van der Waals surface area contributed by atoms with E-state index >= 15 is 0 Å². The number of benzene rings is 1. The molecule has 3 N–H and O–H groups in total. The van der Waals surface area contributed by atoms with E-state index in [0.29, 0.717) is 24.1 Å². The summed E-state index contributed by atoms with van der Waals surface area (Å²) in [7, 11) is 0. The number of rotatable bonds is 6. The van der Waals surface area contributed by atoms with Crippen molar-refractivity contribution in [1.29, 1.82) is 0 Å². The molecular formula is C19H23F3IN5S. The van der Waals surface area contributed by atoms with Crippen LogP contribution in [0.15, 0.2) is 34.8 Å². The van der Waals surface area contributed by atoms with Crippen LogP contribution in [-0.2, 0) is 19.1 Å². The molecule has 0 amide bonds. The molecule has 5 nitrogen and oxygen atoms in total. The molecule has 3 aromatic rings. The average Bonchev–Trinajstić information content (AvgIpc) is 3.27. The molecule has 158 valence electrons. The Labute approximate surface area is 188 Å². The number of nitrogens with zero attached hydrogens (tertiary/aromatic N) is 2. The van der Waals surface area contributed by atoms with Gasteiger partial charge in [0, 0.05) is 35.6 Å². The van der Waals surface area contributed by atoms with Crippen LogP contribution in [0.5, 0.6) is 0 Å². The van der Waals surface area contributed by atoms with E-state index in [1.807, 2.05) is 19.2 Å². The number of thiazole rings is 1. The Morgan fingerprint density at radius 2 is 2.07 bits per heavy atom. The van der Waals surface area contributed by atoms with E-state index in [0.717, 1.165) is 28.7 Å². The molecule has 2 aromatic heterocycles. The number of nitrogens with one attached hydrogen (secondary N) is 3. The van der Waals surface area contributed by atoms with E-state index in [1.165, 1.54) is 16.5 Å². The predicted octanol–water partition coefficient (Wildman–Crippen LogP) is 4.87. The zero-order valence-corrected chi connectivity index (χ0v) is 19.2. The summed E-state index contributed by atoms with van der Waals surface area (Å²) in [6.07, 6.45) is -1.61. The maximum Gasteiger partial charge on any atom is 0.434 e. The van der Waals surface area contributed by atoms with Gasteiger partial charge in [-0.1, -0.05) is 18.2 Å². The number of hydrogen-bond acceptors (Lipinski definition) is 3. The molecule has 0 radical (unpaired) electrons. The smallest absolute Gasteiger partial charge is 0.361 e. The standard InChI is InChI=1S/C19H22F3N5S.HI/c1-3-23-18(26-10-16-27-15(11-28-16)19(20,21)22)24-8-7-13-9-25-17-12(2)5-4-6-14(13)17;/h4-6,9,11,25H,3,7-8,10H2,1-2H3,(H2,23,24,26);1H. The summed E-state index contributed by atoms with van der Waals surface area (Å²) in [4.78, 5) is 11.3. The topological polar surface area (TPSA) is 65.1 Å². The van der Waals surface area contributed by atoms with Gasteiger partial charge in [0.1, 0.15) is 5.01 Å². The number of H-pyrrole nitrogens is 1. The van der Waals surface area contributed by atoms with Crippen LogP contribution >= 0.6 is 35.3 Å². The molecule has 0 unspecified atom stereocenters. The van der Waals surface area contributed by atoms with Gasteiger partial charge in [0.15, 0.2) is 11.7 Å². The quantitative estimate of drug-likeness (QED) is 0.239. The van der Waals surface area contributed by atoms with Crippen LogP contribution in [0.4, 0.5) is 13.2 Å². The summed E-state index contributed by atoms with van der Waals surface area (Å²) < 4.78 is 37.9. The zero-order valence-electron chi connectivity index (χ0n) is 16.1. The highest BCUT2D eigenvalue weighted by Crippen LogP contribution is 2.30. The summed E-state index contributed by atoms with van der Waals surface area (Å²) in [6, 6.07) is 6.20. The Kier molecular flexibility index (Phi) is 8.32. The molecule has 0 aliphatic rings. The fourth-order valence-corrected chi connectivity index (χ4v) is 3.61. The molecule has 29 heavy (non-hydrogen) atoms. The Balaban J connectivity index is 0.00000300. The number of aryl methyl sites for hydroxylation is 1. The van der Waals surface area contributed by atoms with Gasteiger partial charge in [-0.15, -0.1) is 35.3 Å². The lowest BCUT2D eigenvalue weighted by Crippen LogP contribution is -2.38. The van der Waals surface area contributed by atoms with Crippen molar-refractivity contribution in [2.45, 2.75) is 33.0 Å². The van der Waals surface area contributed by atoms with Crippen molar-refractivity contribution in [2.75, 3.05) is 13.1 Å².